The summed E-state index contributed by atoms with van der Waals surface area (Å²) >= 11 is 1.62. The molecule has 0 saturated heterocycles. The molecule has 1 heterocycles. The number of aromatic nitrogens is 1. The van der Waals surface area contributed by atoms with E-state index in [4.69, 9.17) is 0 Å². The van der Waals surface area contributed by atoms with Crippen molar-refractivity contribution < 1.29 is 4.79 Å². The van der Waals surface area contributed by atoms with E-state index >= 15 is 0 Å². The monoisotopic (exact) mass is 217 g/mol. The van der Waals surface area contributed by atoms with Crippen LogP contribution in [0.2, 0.25) is 0 Å². The molecule has 0 spiro atoms. The third-order valence-electron chi connectivity index (χ3n) is 2.18. The zero-order valence-corrected chi connectivity index (χ0v) is 9.47. The number of hydrogen-bond donors (Lipinski definition) is 0. The zero-order valence-electron chi connectivity index (χ0n) is 8.65. The second-order valence-corrected chi connectivity index (χ2v) is 4.45. The Morgan fingerprint density at radius 2 is 2.20 bits per heavy atom. The summed E-state index contributed by atoms with van der Waals surface area (Å²) < 4.78 is 0. The number of carbonyl (C=O) groups excluding carboxylic acids is 1. The number of aryl methyl sites for hydroxylation is 1. The standard InChI is InChI=1S/C12H11NOS/c1-8(14)10-4-3-5-11(6-10)12-7-15-9(2)13-12/h3-7H,1-2H3. The first-order valence-electron chi connectivity index (χ1n) is 4.70. The van der Waals surface area contributed by atoms with Gasteiger partial charge in [-0.2, -0.15) is 0 Å². The summed E-state index contributed by atoms with van der Waals surface area (Å²) in [5, 5.41) is 3.05. The number of benzene rings is 1. The van der Waals surface area contributed by atoms with Gasteiger partial charge in [0.25, 0.3) is 0 Å². The van der Waals surface area contributed by atoms with Crippen LogP contribution in [0.5, 0.6) is 0 Å². The fourth-order valence-electron chi connectivity index (χ4n) is 1.39. The molecule has 1 aromatic carbocycles. The van der Waals surface area contributed by atoms with Gasteiger partial charge in [0.15, 0.2) is 5.78 Å². The molecule has 2 nitrogen and oxygen atoms in total. The van der Waals surface area contributed by atoms with Crippen LogP contribution in [-0.4, -0.2) is 10.8 Å². The highest BCUT2D eigenvalue weighted by molar-refractivity contribution is 7.09. The predicted molar refractivity (Wildman–Crippen MR) is 62.3 cm³/mol. The largest absolute Gasteiger partial charge is 0.295 e. The van der Waals surface area contributed by atoms with Gasteiger partial charge in [0.1, 0.15) is 0 Å². The number of Topliss-reactive ketones (excluding diaryl/α,β-unsaturated/α-hetero) is 1. The van der Waals surface area contributed by atoms with Crippen LogP contribution in [0.1, 0.15) is 22.3 Å². The molecule has 2 aromatic rings. The summed E-state index contributed by atoms with van der Waals surface area (Å²) in [5.74, 6) is 0.0869. The maximum Gasteiger partial charge on any atom is 0.159 e. The van der Waals surface area contributed by atoms with Crippen LogP contribution in [0.4, 0.5) is 0 Å². The number of hydrogen-bond acceptors (Lipinski definition) is 3. The molecule has 0 aliphatic heterocycles. The van der Waals surface area contributed by atoms with Crippen molar-refractivity contribution in [2.75, 3.05) is 0 Å². The van der Waals surface area contributed by atoms with Crippen molar-refractivity contribution in [2.24, 2.45) is 0 Å². The molecule has 1 aromatic heterocycles. The quantitative estimate of drug-likeness (QED) is 0.722. The van der Waals surface area contributed by atoms with Gasteiger partial charge < -0.3 is 0 Å². The van der Waals surface area contributed by atoms with Crippen molar-refractivity contribution in [3.8, 4) is 11.3 Å². The number of nitrogens with zero attached hydrogens (tertiary/aromatic N) is 1. The predicted octanol–water partition coefficient (Wildman–Crippen LogP) is 3.32. The Morgan fingerprint density at radius 1 is 1.40 bits per heavy atom. The Hall–Kier alpha value is -1.48. The molecule has 0 aliphatic carbocycles. The SMILES string of the molecule is CC(=O)c1cccc(-c2csc(C)n2)c1. The highest BCUT2D eigenvalue weighted by Crippen LogP contribution is 2.22. The van der Waals surface area contributed by atoms with Crippen LogP contribution in [0.3, 0.4) is 0 Å². The Bertz CT molecular complexity index is 502. The minimum atomic E-state index is 0.0869. The van der Waals surface area contributed by atoms with Crippen LogP contribution < -0.4 is 0 Å². The first-order chi connectivity index (χ1) is 7.16. The maximum atomic E-state index is 11.2. The molecule has 0 amide bonds. The summed E-state index contributed by atoms with van der Waals surface area (Å²) in [6, 6.07) is 7.57. The van der Waals surface area contributed by atoms with Crippen molar-refractivity contribution in [1.82, 2.24) is 4.98 Å². The molecule has 0 unspecified atom stereocenters. The molecule has 0 saturated carbocycles. The second kappa shape index (κ2) is 3.95. The van der Waals surface area contributed by atoms with Gasteiger partial charge in [0.05, 0.1) is 10.7 Å². The van der Waals surface area contributed by atoms with Gasteiger partial charge in [-0.05, 0) is 19.9 Å². The molecule has 0 radical (unpaired) electrons. The molecule has 15 heavy (non-hydrogen) atoms. The number of thiazole rings is 1. The van der Waals surface area contributed by atoms with Crippen molar-refractivity contribution in [2.45, 2.75) is 13.8 Å². The van der Waals surface area contributed by atoms with E-state index in [1.165, 1.54) is 0 Å². The fourth-order valence-corrected chi connectivity index (χ4v) is 2.02. The van der Waals surface area contributed by atoms with Crippen LogP contribution in [0.25, 0.3) is 11.3 Å². The van der Waals surface area contributed by atoms with E-state index in [0.29, 0.717) is 0 Å². The first-order valence-corrected chi connectivity index (χ1v) is 5.58. The van der Waals surface area contributed by atoms with Crippen molar-refractivity contribution >= 4 is 17.1 Å². The minimum absolute atomic E-state index is 0.0869. The van der Waals surface area contributed by atoms with Gasteiger partial charge in [0.2, 0.25) is 0 Å². The lowest BCUT2D eigenvalue weighted by atomic mass is 10.1. The lowest BCUT2D eigenvalue weighted by Crippen LogP contribution is -1.91. The molecule has 0 N–H and O–H groups in total. The highest BCUT2D eigenvalue weighted by Gasteiger charge is 2.04. The number of carbonyl (C=O) groups is 1. The second-order valence-electron chi connectivity index (χ2n) is 3.39. The normalized spacial score (nSPS) is 10.3. The average molecular weight is 217 g/mol. The zero-order chi connectivity index (χ0) is 10.8. The van der Waals surface area contributed by atoms with Gasteiger partial charge in [0, 0.05) is 16.5 Å². The van der Waals surface area contributed by atoms with E-state index in [-0.39, 0.29) is 5.78 Å². The average Bonchev–Trinajstić information content (AvgIpc) is 2.65. The van der Waals surface area contributed by atoms with E-state index in [9.17, 15) is 4.79 Å². The summed E-state index contributed by atoms with van der Waals surface area (Å²) in [6.07, 6.45) is 0. The van der Waals surface area contributed by atoms with E-state index < -0.39 is 0 Å². The molecule has 0 aliphatic rings. The molecule has 0 atom stereocenters. The first kappa shape index (κ1) is 10.1. The topological polar surface area (TPSA) is 30.0 Å². The molecule has 3 heteroatoms. The van der Waals surface area contributed by atoms with E-state index in [2.05, 4.69) is 4.98 Å². The van der Waals surface area contributed by atoms with Crippen LogP contribution in [0.15, 0.2) is 29.6 Å². The van der Waals surface area contributed by atoms with Gasteiger partial charge in [-0.1, -0.05) is 18.2 Å². The number of ketones is 1. The molecule has 2 rings (SSSR count). The van der Waals surface area contributed by atoms with Crippen molar-refractivity contribution in [3.05, 3.63) is 40.2 Å². The summed E-state index contributed by atoms with van der Waals surface area (Å²) in [7, 11) is 0. The van der Waals surface area contributed by atoms with Gasteiger partial charge in [-0.3, -0.25) is 4.79 Å². The van der Waals surface area contributed by atoms with Crippen LogP contribution in [-0.2, 0) is 0 Å². The maximum absolute atomic E-state index is 11.2. The third kappa shape index (κ3) is 2.13. The lowest BCUT2D eigenvalue weighted by molar-refractivity contribution is 0.101. The Balaban J connectivity index is 2.45. The number of rotatable bonds is 2. The molecule has 0 bridgehead atoms. The van der Waals surface area contributed by atoms with Gasteiger partial charge in [-0.25, -0.2) is 4.98 Å². The molecular weight excluding hydrogens is 206 g/mol. The van der Waals surface area contributed by atoms with E-state index in [0.717, 1.165) is 21.8 Å². The van der Waals surface area contributed by atoms with Gasteiger partial charge in [-0.15, -0.1) is 11.3 Å². The highest BCUT2D eigenvalue weighted by atomic mass is 32.1. The summed E-state index contributed by atoms with van der Waals surface area (Å²) in [4.78, 5) is 15.6. The molecule has 0 fully saturated rings. The Kier molecular flexibility index (Phi) is 2.64. The van der Waals surface area contributed by atoms with Crippen molar-refractivity contribution in [1.29, 1.82) is 0 Å². The van der Waals surface area contributed by atoms with Gasteiger partial charge >= 0.3 is 0 Å². The Labute approximate surface area is 92.6 Å². The third-order valence-corrected chi connectivity index (χ3v) is 2.96. The minimum Gasteiger partial charge on any atom is -0.295 e. The summed E-state index contributed by atoms with van der Waals surface area (Å²) in [6.45, 7) is 3.55. The van der Waals surface area contributed by atoms with Crippen LogP contribution >= 0.6 is 11.3 Å². The van der Waals surface area contributed by atoms with E-state index in [1.807, 2.05) is 36.6 Å². The van der Waals surface area contributed by atoms with E-state index in [1.54, 1.807) is 18.3 Å². The molecule has 76 valence electrons. The van der Waals surface area contributed by atoms with Crippen molar-refractivity contribution in [3.63, 3.8) is 0 Å². The fraction of sp³-hybridized carbons (Fsp3) is 0.167. The smallest absolute Gasteiger partial charge is 0.159 e. The van der Waals surface area contributed by atoms with Crippen LogP contribution in [0, 0.1) is 6.92 Å². The Morgan fingerprint density at radius 3 is 2.80 bits per heavy atom. The summed E-state index contributed by atoms with van der Waals surface area (Å²) in [5.41, 5.74) is 2.69. The molecular formula is C12H11NOS. The lowest BCUT2D eigenvalue weighted by Gasteiger charge is -1.99.